The third kappa shape index (κ3) is 10.9. The topological polar surface area (TPSA) is 151 Å². The van der Waals surface area contributed by atoms with Crippen LogP contribution in [0.1, 0.15) is 29.0 Å². The van der Waals surface area contributed by atoms with E-state index in [1.54, 1.807) is 36.4 Å². The normalized spacial score (nSPS) is 12.1. The molecule has 43 heavy (non-hydrogen) atoms. The molecule has 0 saturated heterocycles. The van der Waals surface area contributed by atoms with Gasteiger partial charge in [-0.1, -0.05) is 54.6 Å². The predicted molar refractivity (Wildman–Crippen MR) is 163 cm³/mol. The second-order valence-electron chi connectivity index (χ2n) is 9.50. The first-order valence-electron chi connectivity index (χ1n) is 13.4. The molecule has 1 amide bonds. The zero-order valence-corrected chi connectivity index (χ0v) is 24.8. The minimum absolute atomic E-state index is 0.0372. The van der Waals surface area contributed by atoms with E-state index in [0.717, 1.165) is 11.3 Å². The lowest BCUT2D eigenvalue weighted by Gasteiger charge is -2.22. The first kappa shape index (κ1) is 33.4. The van der Waals surface area contributed by atoms with Gasteiger partial charge in [-0.25, -0.2) is 9.59 Å². The molecule has 0 aromatic heterocycles. The van der Waals surface area contributed by atoms with E-state index in [-0.39, 0.29) is 25.2 Å². The lowest BCUT2D eigenvalue weighted by Crippen LogP contribution is -2.38. The fourth-order valence-electron chi connectivity index (χ4n) is 4.22. The number of primary amides is 1. The van der Waals surface area contributed by atoms with Gasteiger partial charge in [0.1, 0.15) is 18.4 Å². The number of halogens is 2. The zero-order valence-electron chi connectivity index (χ0n) is 23.3. The van der Waals surface area contributed by atoms with Crippen molar-refractivity contribution in [3.8, 4) is 5.75 Å². The van der Waals surface area contributed by atoms with Crippen LogP contribution >= 0.6 is 23.2 Å². The highest BCUT2D eigenvalue weighted by Crippen LogP contribution is 2.24. The molecule has 2 atom stereocenters. The molecule has 0 saturated carbocycles. The lowest BCUT2D eigenvalue weighted by atomic mass is 9.90. The quantitative estimate of drug-likeness (QED) is 0.109. The molecule has 0 fully saturated rings. The molecule has 4 N–H and O–H groups in total. The maximum absolute atomic E-state index is 12.5. The summed E-state index contributed by atoms with van der Waals surface area (Å²) in [6.45, 7) is 1.30. The number of alkyl halides is 2. The van der Waals surface area contributed by atoms with Crippen LogP contribution in [0.2, 0.25) is 0 Å². The van der Waals surface area contributed by atoms with E-state index >= 15 is 0 Å². The summed E-state index contributed by atoms with van der Waals surface area (Å²) in [4.78, 5) is 51.4. The maximum Gasteiger partial charge on any atom is 0.521 e. The number of benzene rings is 3. The molecule has 0 aliphatic heterocycles. The van der Waals surface area contributed by atoms with Gasteiger partial charge in [-0.2, -0.15) is 0 Å². The van der Waals surface area contributed by atoms with Crippen LogP contribution in [-0.2, 0) is 36.9 Å². The van der Waals surface area contributed by atoms with E-state index in [1.807, 2.05) is 35.2 Å². The van der Waals surface area contributed by atoms with Crippen molar-refractivity contribution in [2.45, 2.75) is 31.4 Å². The van der Waals surface area contributed by atoms with E-state index in [0.29, 0.717) is 36.0 Å². The summed E-state index contributed by atoms with van der Waals surface area (Å²) in [5.74, 6) is -2.31. The van der Waals surface area contributed by atoms with Gasteiger partial charge in [0.15, 0.2) is 0 Å². The van der Waals surface area contributed by atoms with Gasteiger partial charge >= 0.3 is 18.1 Å². The monoisotopic (exact) mass is 629 g/mol. The van der Waals surface area contributed by atoms with Gasteiger partial charge in [0, 0.05) is 30.5 Å². The highest BCUT2D eigenvalue weighted by atomic mass is 35.5. The van der Waals surface area contributed by atoms with Gasteiger partial charge < -0.3 is 30.6 Å². The highest BCUT2D eigenvalue weighted by Gasteiger charge is 2.28. The van der Waals surface area contributed by atoms with Crippen molar-refractivity contribution in [3.05, 3.63) is 95.6 Å². The highest BCUT2D eigenvalue weighted by molar-refractivity contribution is 6.18. The lowest BCUT2D eigenvalue weighted by molar-refractivity contribution is -0.144. The average molecular weight is 631 g/mol. The van der Waals surface area contributed by atoms with Crippen LogP contribution in [0.15, 0.2) is 78.9 Å². The van der Waals surface area contributed by atoms with Gasteiger partial charge in [0.2, 0.25) is 5.91 Å². The molecule has 3 rings (SSSR count). The Morgan fingerprint density at radius 3 is 2.12 bits per heavy atom. The summed E-state index contributed by atoms with van der Waals surface area (Å²) in [7, 11) is 0. The molecule has 12 heteroatoms. The molecule has 3 aromatic carbocycles. The van der Waals surface area contributed by atoms with Crippen molar-refractivity contribution < 1.29 is 33.4 Å². The third-order valence-electron chi connectivity index (χ3n) is 6.38. The van der Waals surface area contributed by atoms with Crippen LogP contribution in [0.3, 0.4) is 0 Å². The first-order chi connectivity index (χ1) is 20.7. The molecule has 10 nitrogen and oxygen atoms in total. The Balaban J connectivity index is 1.55. The summed E-state index contributed by atoms with van der Waals surface area (Å²) in [5, 5.41) is 0. The first-order valence-corrected chi connectivity index (χ1v) is 14.5. The van der Waals surface area contributed by atoms with Crippen molar-refractivity contribution in [1.29, 1.82) is 0 Å². The molecule has 3 aromatic rings. The van der Waals surface area contributed by atoms with E-state index in [9.17, 15) is 19.2 Å². The SMILES string of the molecule is NC(=O)C(C[C@H](N)C(=O)OC(=O)Oc1ccc(N(CCCl)CCCl)cc1)c1cccc(CC(=O)OCc2ccccc2)c1. The van der Waals surface area contributed by atoms with Crippen LogP contribution in [0, 0.1) is 0 Å². The van der Waals surface area contributed by atoms with Crippen molar-refractivity contribution in [2.24, 2.45) is 11.5 Å². The Morgan fingerprint density at radius 1 is 0.837 bits per heavy atom. The molecule has 0 aliphatic carbocycles. The number of amides is 1. The number of rotatable bonds is 15. The second-order valence-corrected chi connectivity index (χ2v) is 10.3. The predicted octanol–water partition coefficient (Wildman–Crippen LogP) is 4.29. The van der Waals surface area contributed by atoms with Crippen LogP contribution in [-0.4, -0.2) is 54.9 Å². The summed E-state index contributed by atoms with van der Waals surface area (Å²) >= 11 is 11.7. The van der Waals surface area contributed by atoms with Gasteiger partial charge in [-0.15, -0.1) is 23.2 Å². The number of nitrogens with two attached hydrogens (primary N) is 2. The largest absolute Gasteiger partial charge is 0.521 e. The van der Waals surface area contributed by atoms with Gasteiger partial charge in [0.25, 0.3) is 0 Å². The van der Waals surface area contributed by atoms with Crippen LogP contribution in [0.25, 0.3) is 0 Å². The zero-order chi connectivity index (χ0) is 31.2. The Morgan fingerprint density at radius 2 is 1.49 bits per heavy atom. The van der Waals surface area contributed by atoms with Crippen LogP contribution in [0.4, 0.5) is 10.5 Å². The average Bonchev–Trinajstić information content (AvgIpc) is 2.99. The Hall–Kier alpha value is -4.12. The fourth-order valence-corrected chi connectivity index (χ4v) is 4.62. The molecule has 0 bridgehead atoms. The number of hydrogen-bond donors (Lipinski definition) is 2. The number of esters is 2. The van der Waals surface area contributed by atoms with E-state index in [4.69, 9.17) is 48.9 Å². The van der Waals surface area contributed by atoms with Crippen molar-refractivity contribution in [2.75, 3.05) is 29.7 Å². The fraction of sp³-hybridized carbons (Fsp3) is 0.290. The standard InChI is InChI=1S/C31H33Cl2N3O7/c32-13-15-36(16-14-33)24-9-11-25(12-10-24)42-31(40)43-30(39)27(34)19-26(29(35)38)23-8-4-7-22(17-23)18-28(37)41-20-21-5-2-1-3-6-21/h1-12,17,26-27H,13-16,18-20,34H2,(H2,35,38)/t26?,27-/m0/s1. The van der Waals surface area contributed by atoms with E-state index in [1.165, 1.54) is 12.1 Å². The minimum atomic E-state index is -1.37. The van der Waals surface area contributed by atoms with Crippen molar-refractivity contribution in [1.82, 2.24) is 0 Å². The summed E-state index contributed by atoms with van der Waals surface area (Å²) < 4.78 is 15.2. The molecule has 0 radical (unpaired) electrons. The molecule has 228 valence electrons. The minimum Gasteiger partial charge on any atom is -0.461 e. The molecule has 0 spiro atoms. The number of hydrogen-bond acceptors (Lipinski definition) is 9. The molecular weight excluding hydrogens is 597 g/mol. The molecule has 0 heterocycles. The van der Waals surface area contributed by atoms with Gasteiger partial charge in [-0.3, -0.25) is 9.59 Å². The number of carbonyl (C=O) groups is 4. The van der Waals surface area contributed by atoms with Gasteiger partial charge in [0.05, 0.1) is 12.3 Å². The van der Waals surface area contributed by atoms with E-state index < -0.39 is 36.0 Å². The molecule has 1 unspecified atom stereocenters. The van der Waals surface area contributed by atoms with Crippen LogP contribution in [0.5, 0.6) is 5.75 Å². The molecular formula is C31H33Cl2N3O7. The number of ether oxygens (including phenoxy) is 3. The summed E-state index contributed by atoms with van der Waals surface area (Å²) in [6.07, 6.45) is -1.56. The van der Waals surface area contributed by atoms with Crippen LogP contribution < -0.4 is 21.1 Å². The smallest absolute Gasteiger partial charge is 0.461 e. The van der Waals surface area contributed by atoms with Crippen molar-refractivity contribution in [3.63, 3.8) is 0 Å². The summed E-state index contributed by atoms with van der Waals surface area (Å²) in [5.41, 5.74) is 14.3. The second kappa shape index (κ2) is 17.1. The maximum atomic E-state index is 12.5. The number of nitrogens with zero attached hydrogens (tertiary/aromatic N) is 1. The van der Waals surface area contributed by atoms with Crippen molar-refractivity contribution >= 4 is 52.9 Å². The number of carbonyl (C=O) groups excluding carboxylic acids is 4. The Kier molecular flexibility index (Phi) is 13.3. The van der Waals surface area contributed by atoms with E-state index in [2.05, 4.69) is 0 Å². The third-order valence-corrected chi connectivity index (χ3v) is 6.71. The Labute approximate surface area is 259 Å². The summed E-state index contributed by atoms with van der Waals surface area (Å²) in [6, 6.07) is 21.0. The molecule has 0 aliphatic rings. The number of anilines is 1. The van der Waals surface area contributed by atoms with Gasteiger partial charge in [-0.05, 0) is 47.4 Å². The Bertz CT molecular complexity index is 1370.